The Hall–Kier alpha value is -3.95. The molecule has 0 unspecified atom stereocenters. The molecule has 0 spiro atoms. The Morgan fingerprint density at radius 2 is 1.91 bits per heavy atom. The highest BCUT2D eigenvalue weighted by molar-refractivity contribution is 6.02. The van der Waals surface area contributed by atoms with E-state index in [9.17, 15) is 9.59 Å². The van der Waals surface area contributed by atoms with Gasteiger partial charge in [0.05, 0.1) is 29.6 Å². The number of urea groups is 1. The molecule has 0 radical (unpaired) electrons. The number of hydrogen-bond acceptors (Lipinski definition) is 7. The molecule has 2 heterocycles. The lowest BCUT2D eigenvalue weighted by Crippen LogP contribution is -2.43. The van der Waals surface area contributed by atoms with Crippen LogP contribution in [0.2, 0.25) is 0 Å². The predicted molar refractivity (Wildman–Crippen MR) is 127 cm³/mol. The number of nitrogens with one attached hydrogen (secondary N) is 3. The first-order valence-corrected chi connectivity index (χ1v) is 10.5. The van der Waals surface area contributed by atoms with Gasteiger partial charge in [-0.05, 0) is 32.9 Å². The smallest absolute Gasteiger partial charge is 0.320 e. The fourth-order valence-corrected chi connectivity index (χ4v) is 3.17. The highest BCUT2D eigenvalue weighted by atomic mass is 16.5. The summed E-state index contributed by atoms with van der Waals surface area (Å²) in [6.45, 7) is 7.42. The normalized spacial score (nSPS) is 11.1. The van der Waals surface area contributed by atoms with E-state index in [2.05, 4.69) is 31.0 Å². The molecule has 2 amide bonds. The van der Waals surface area contributed by atoms with Gasteiger partial charge < -0.3 is 15.4 Å². The third-order valence-electron chi connectivity index (χ3n) is 4.58. The zero-order chi connectivity index (χ0) is 24.2. The molecule has 10 nitrogen and oxygen atoms in total. The lowest BCUT2D eigenvalue weighted by molar-refractivity contribution is 0.0988. The molecule has 0 saturated heterocycles. The van der Waals surface area contributed by atoms with E-state index >= 15 is 0 Å². The van der Waals surface area contributed by atoms with E-state index in [1.165, 1.54) is 6.20 Å². The molecular weight excluding hydrogens is 422 g/mol. The molecule has 0 aliphatic rings. The number of aromatic nitrogens is 4. The van der Waals surface area contributed by atoms with Crippen LogP contribution in [0.5, 0.6) is 5.75 Å². The van der Waals surface area contributed by atoms with Gasteiger partial charge >= 0.3 is 6.03 Å². The molecule has 2 aromatic heterocycles. The molecule has 0 saturated carbocycles. The summed E-state index contributed by atoms with van der Waals surface area (Å²) in [6, 6.07) is 6.75. The number of anilines is 3. The van der Waals surface area contributed by atoms with Gasteiger partial charge in [-0.1, -0.05) is 13.0 Å². The molecule has 174 valence electrons. The number of Topliss-reactive ketones (excluding diaryl/α,β-unsaturated/α-hetero) is 1. The minimum atomic E-state index is -0.406. The van der Waals surface area contributed by atoms with Gasteiger partial charge in [0.1, 0.15) is 12.1 Å². The summed E-state index contributed by atoms with van der Waals surface area (Å²) in [7, 11) is 3.34. The van der Waals surface area contributed by atoms with Crippen molar-refractivity contribution in [3.8, 4) is 17.1 Å². The van der Waals surface area contributed by atoms with Crippen LogP contribution in [-0.4, -0.2) is 44.2 Å². The van der Waals surface area contributed by atoms with Crippen molar-refractivity contribution in [2.75, 3.05) is 17.7 Å². The average molecular weight is 452 g/mol. The lowest BCUT2D eigenvalue weighted by atomic mass is 10.1. The predicted octanol–water partition coefficient (Wildman–Crippen LogP) is 4.14. The van der Waals surface area contributed by atoms with Gasteiger partial charge in [-0.3, -0.25) is 14.8 Å². The second-order valence-electron chi connectivity index (χ2n) is 8.47. The van der Waals surface area contributed by atoms with E-state index < -0.39 is 11.6 Å². The standard InChI is InChI=1S/C23H29N7O3/c1-7-18(31)15-12-24-19(27-22(32)28-23(2,3)4)11-17(15)26-16-10-8-9-14(20(16)33-6)21-25-13-30(5)29-21/h8-13H,7H2,1-6H3,(H3,24,26,27,28,32). The van der Waals surface area contributed by atoms with E-state index in [1.807, 2.05) is 39.0 Å². The highest BCUT2D eigenvalue weighted by Crippen LogP contribution is 2.37. The zero-order valence-corrected chi connectivity index (χ0v) is 19.7. The number of aryl methyl sites for hydroxylation is 1. The van der Waals surface area contributed by atoms with Crippen molar-refractivity contribution in [2.24, 2.45) is 7.05 Å². The van der Waals surface area contributed by atoms with Crippen LogP contribution in [0.1, 0.15) is 44.5 Å². The topological polar surface area (TPSA) is 123 Å². The lowest BCUT2D eigenvalue weighted by Gasteiger charge is -2.21. The van der Waals surface area contributed by atoms with Crippen molar-refractivity contribution < 1.29 is 14.3 Å². The van der Waals surface area contributed by atoms with Gasteiger partial charge in [0.2, 0.25) is 0 Å². The van der Waals surface area contributed by atoms with Gasteiger partial charge in [-0.2, -0.15) is 5.10 Å². The minimum absolute atomic E-state index is 0.0859. The van der Waals surface area contributed by atoms with Crippen molar-refractivity contribution >= 4 is 29.0 Å². The number of hydrogen-bond donors (Lipinski definition) is 3. The maximum absolute atomic E-state index is 12.6. The first-order valence-electron chi connectivity index (χ1n) is 10.5. The van der Waals surface area contributed by atoms with Crippen molar-refractivity contribution in [3.63, 3.8) is 0 Å². The molecule has 1 aromatic carbocycles. The van der Waals surface area contributed by atoms with Crippen molar-refractivity contribution in [1.29, 1.82) is 0 Å². The van der Waals surface area contributed by atoms with E-state index in [-0.39, 0.29) is 5.78 Å². The maximum Gasteiger partial charge on any atom is 0.320 e. The zero-order valence-electron chi connectivity index (χ0n) is 19.7. The van der Waals surface area contributed by atoms with E-state index in [0.29, 0.717) is 46.3 Å². The third-order valence-corrected chi connectivity index (χ3v) is 4.58. The molecule has 0 aliphatic heterocycles. The van der Waals surface area contributed by atoms with Crippen LogP contribution in [0.15, 0.2) is 36.8 Å². The second-order valence-corrected chi connectivity index (χ2v) is 8.47. The summed E-state index contributed by atoms with van der Waals surface area (Å²) < 4.78 is 7.26. The number of carbonyl (C=O) groups excluding carboxylic acids is 2. The molecule has 0 fully saturated rings. The SMILES string of the molecule is CCC(=O)c1cnc(NC(=O)NC(C)(C)C)cc1Nc1cccc(-c2ncn(C)n2)c1OC. The fourth-order valence-electron chi connectivity index (χ4n) is 3.17. The summed E-state index contributed by atoms with van der Waals surface area (Å²) in [6.07, 6.45) is 3.37. The number of amides is 2. The van der Waals surface area contributed by atoms with E-state index in [4.69, 9.17) is 4.74 Å². The molecule has 10 heteroatoms. The van der Waals surface area contributed by atoms with Crippen molar-refractivity contribution in [2.45, 2.75) is 39.7 Å². The Bertz CT molecular complexity index is 1170. The first-order chi connectivity index (χ1) is 15.6. The number of ketones is 1. The Morgan fingerprint density at radius 1 is 1.15 bits per heavy atom. The van der Waals surface area contributed by atoms with E-state index in [0.717, 1.165) is 0 Å². The number of pyridine rings is 1. The van der Waals surface area contributed by atoms with Gasteiger partial charge in [0.15, 0.2) is 17.4 Å². The van der Waals surface area contributed by atoms with Crippen LogP contribution in [0.25, 0.3) is 11.4 Å². The van der Waals surface area contributed by atoms with Gasteiger partial charge in [0, 0.05) is 31.3 Å². The molecule has 3 rings (SSSR count). The summed E-state index contributed by atoms with van der Waals surface area (Å²) >= 11 is 0. The summed E-state index contributed by atoms with van der Waals surface area (Å²) in [5.74, 6) is 1.25. The van der Waals surface area contributed by atoms with E-state index in [1.54, 1.807) is 38.2 Å². The van der Waals surface area contributed by atoms with Crippen LogP contribution in [-0.2, 0) is 7.05 Å². The molecule has 3 N–H and O–H groups in total. The van der Waals surface area contributed by atoms with Crippen LogP contribution in [0, 0.1) is 0 Å². The highest BCUT2D eigenvalue weighted by Gasteiger charge is 2.19. The average Bonchev–Trinajstić information content (AvgIpc) is 3.18. The third kappa shape index (κ3) is 5.85. The Kier molecular flexibility index (Phi) is 6.95. The fraction of sp³-hybridized carbons (Fsp3) is 0.348. The Labute approximate surface area is 192 Å². The summed E-state index contributed by atoms with van der Waals surface area (Å²) in [4.78, 5) is 33.4. The summed E-state index contributed by atoms with van der Waals surface area (Å²) in [5.41, 5.74) is 1.80. The largest absolute Gasteiger partial charge is 0.494 e. The quantitative estimate of drug-likeness (QED) is 0.461. The first kappa shape index (κ1) is 23.7. The Balaban J connectivity index is 1.99. The van der Waals surface area contributed by atoms with Crippen molar-refractivity contribution in [3.05, 3.63) is 42.4 Å². The van der Waals surface area contributed by atoms with Gasteiger partial charge in [-0.25, -0.2) is 14.8 Å². The number of carbonyl (C=O) groups is 2. The molecule has 3 aromatic rings. The number of ether oxygens (including phenoxy) is 1. The number of nitrogens with zero attached hydrogens (tertiary/aromatic N) is 4. The number of methoxy groups -OCH3 is 1. The van der Waals surface area contributed by atoms with Crippen molar-refractivity contribution in [1.82, 2.24) is 25.1 Å². The number of benzene rings is 1. The van der Waals surface area contributed by atoms with Crippen LogP contribution >= 0.6 is 0 Å². The minimum Gasteiger partial charge on any atom is -0.494 e. The van der Waals surface area contributed by atoms with Crippen LogP contribution in [0.4, 0.5) is 22.0 Å². The molecule has 0 atom stereocenters. The monoisotopic (exact) mass is 451 g/mol. The molecule has 0 aliphatic carbocycles. The van der Waals surface area contributed by atoms with Crippen LogP contribution < -0.4 is 20.7 Å². The number of para-hydroxylation sites is 1. The van der Waals surface area contributed by atoms with Crippen LogP contribution in [0.3, 0.4) is 0 Å². The molecule has 0 bridgehead atoms. The van der Waals surface area contributed by atoms with Gasteiger partial charge in [-0.15, -0.1) is 0 Å². The van der Waals surface area contributed by atoms with Gasteiger partial charge in [0.25, 0.3) is 0 Å². The molecular formula is C23H29N7O3. The second kappa shape index (κ2) is 9.68. The maximum atomic E-state index is 12.6. The number of rotatable bonds is 7. The Morgan fingerprint density at radius 3 is 2.52 bits per heavy atom. The molecule has 33 heavy (non-hydrogen) atoms. The summed E-state index contributed by atoms with van der Waals surface area (Å²) in [5, 5.41) is 13.1.